The van der Waals surface area contributed by atoms with Crippen molar-refractivity contribution in [3.05, 3.63) is 48.0 Å². The topological polar surface area (TPSA) is 164 Å². The van der Waals surface area contributed by atoms with E-state index >= 15 is 0 Å². The van der Waals surface area contributed by atoms with E-state index in [9.17, 15) is 19.8 Å². The number of esters is 1. The number of cyclic esters (lactones) is 1. The Balaban J connectivity index is 1.62. The number of rotatable bonds is 14. The maximum Gasteiger partial charge on any atom is 0.311 e. The third-order valence-corrected chi connectivity index (χ3v) is 15.0. The molecule has 0 aromatic heterocycles. The Hall–Kier alpha value is -2.34. The molecule has 4 aliphatic heterocycles. The maximum atomic E-state index is 14.9. The molecule has 5 rings (SSSR count). The molecule has 4 saturated heterocycles. The first kappa shape index (κ1) is 52.6. The Morgan fingerprint density at radius 3 is 2.25 bits per heavy atom. The van der Waals surface area contributed by atoms with Crippen molar-refractivity contribution in [2.75, 3.05) is 47.5 Å². The lowest BCUT2D eigenvalue weighted by atomic mass is 9.69. The molecule has 14 heteroatoms. The monoisotopic (exact) mass is 903 g/mol. The zero-order valence-electron chi connectivity index (χ0n) is 41.0. The van der Waals surface area contributed by atoms with E-state index in [1.807, 2.05) is 92.6 Å². The summed E-state index contributed by atoms with van der Waals surface area (Å²) in [4.78, 5) is 31.7. The van der Waals surface area contributed by atoms with E-state index in [0.717, 1.165) is 18.5 Å². The zero-order chi connectivity index (χ0) is 47.3. The van der Waals surface area contributed by atoms with Crippen molar-refractivity contribution in [2.45, 2.75) is 179 Å². The molecule has 0 spiro atoms. The van der Waals surface area contributed by atoms with E-state index in [4.69, 9.17) is 37.9 Å². The zero-order valence-corrected chi connectivity index (χ0v) is 41.0. The van der Waals surface area contributed by atoms with Crippen molar-refractivity contribution in [3.63, 3.8) is 0 Å². The third kappa shape index (κ3) is 11.7. The highest BCUT2D eigenvalue weighted by Crippen LogP contribution is 2.47. The number of nitrogens with zero attached hydrogens (tertiary/aromatic N) is 1. The SMILES string of the molecule is C=C1CO[C@]2(C)C(CC)OC(=O)[C@H](C)C(OC3CC(C)(OC)C(O)[C@H](C)O3)[C@H](C)[C@@H](O[C@H]3O[C@@H](C)CC(N(C)C)[C@@H]3O)C(C)(OCCNCCc3ccccc3)CC(C)C(=O)C(C)C12. The minimum atomic E-state index is -1.22. The Labute approximate surface area is 383 Å². The van der Waals surface area contributed by atoms with Crippen molar-refractivity contribution < 1.29 is 57.7 Å². The number of aliphatic hydroxyl groups is 2. The first-order chi connectivity index (χ1) is 30.1. The van der Waals surface area contributed by atoms with Crippen LogP contribution in [0.15, 0.2) is 42.5 Å². The summed E-state index contributed by atoms with van der Waals surface area (Å²) in [6.45, 7) is 25.0. The van der Waals surface area contributed by atoms with Gasteiger partial charge < -0.3 is 58.3 Å². The molecule has 14 nitrogen and oxygen atoms in total. The van der Waals surface area contributed by atoms with E-state index in [2.05, 4.69) is 24.0 Å². The molecule has 364 valence electrons. The number of ketones is 1. The van der Waals surface area contributed by atoms with Gasteiger partial charge in [-0.25, -0.2) is 0 Å². The van der Waals surface area contributed by atoms with Gasteiger partial charge in [-0.1, -0.05) is 64.6 Å². The van der Waals surface area contributed by atoms with Crippen LogP contribution in [0, 0.1) is 29.6 Å². The quantitative estimate of drug-likeness (QED) is 0.122. The highest BCUT2D eigenvalue weighted by atomic mass is 16.7. The lowest BCUT2D eigenvalue weighted by Crippen LogP contribution is -2.61. The van der Waals surface area contributed by atoms with Crippen molar-refractivity contribution >= 4 is 11.8 Å². The number of ether oxygens (including phenoxy) is 8. The van der Waals surface area contributed by atoms with Crippen LogP contribution in [0.3, 0.4) is 0 Å². The molecule has 0 saturated carbocycles. The second-order valence-electron chi connectivity index (χ2n) is 20.2. The van der Waals surface area contributed by atoms with Crippen molar-refractivity contribution in [3.8, 4) is 0 Å². The van der Waals surface area contributed by atoms with Crippen molar-refractivity contribution in [1.29, 1.82) is 0 Å². The van der Waals surface area contributed by atoms with Gasteiger partial charge in [0.2, 0.25) is 0 Å². The van der Waals surface area contributed by atoms with E-state index < -0.39 is 102 Å². The van der Waals surface area contributed by atoms with Gasteiger partial charge in [-0.2, -0.15) is 0 Å². The Morgan fingerprint density at radius 1 is 0.922 bits per heavy atom. The molecule has 1 aromatic rings. The molecule has 0 radical (unpaired) electrons. The van der Waals surface area contributed by atoms with Crippen LogP contribution in [0.5, 0.6) is 0 Å². The highest BCUT2D eigenvalue weighted by molar-refractivity contribution is 5.84. The number of carbonyl (C=O) groups is 2. The fraction of sp³-hybridized carbons (Fsp3) is 0.800. The van der Waals surface area contributed by atoms with Crippen LogP contribution < -0.4 is 5.32 Å². The first-order valence-corrected chi connectivity index (χ1v) is 23.7. The number of aliphatic hydroxyl groups excluding tert-OH is 2. The molecule has 10 unspecified atom stereocenters. The van der Waals surface area contributed by atoms with Crippen molar-refractivity contribution in [1.82, 2.24) is 10.2 Å². The molecule has 18 atom stereocenters. The lowest BCUT2D eigenvalue weighted by Gasteiger charge is -2.50. The van der Waals surface area contributed by atoms with E-state index in [1.54, 1.807) is 21.0 Å². The number of hydrogen-bond donors (Lipinski definition) is 3. The third-order valence-electron chi connectivity index (χ3n) is 15.0. The number of nitrogens with one attached hydrogen (secondary N) is 1. The molecule has 1 aromatic carbocycles. The standard InChI is InChI=1S/C50H82N2O12/c1-15-38-50(11)40(30(3)28-59-50)32(5)41(53)29(2)26-49(10,58-24-23-51-22-21-36-19-17-16-18-20-36)45(64-47-42(54)37(52(12)13)25-31(4)60-47)33(6)43(34(7)46(56)62-38)63-39-27-48(9,57-14)44(55)35(8)61-39/h16-20,29,31-35,37-40,42-45,47,51,54-55H,3,15,21-28H2,1-2,4-14H3/t29?,31-,32?,33-,34+,35-,37?,38?,39?,40?,42-,43?,44?,45+,47+,48?,49?,50+/m0/s1. The van der Waals surface area contributed by atoms with E-state index in [-0.39, 0.29) is 44.0 Å². The van der Waals surface area contributed by atoms with Gasteiger partial charge in [0.15, 0.2) is 12.6 Å². The summed E-state index contributed by atoms with van der Waals surface area (Å²) in [5, 5.41) is 26.6. The van der Waals surface area contributed by atoms with Crippen LogP contribution in [0.4, 0.5) is 0 Å². The van der Waals surface area contributed by atoms with Gasteiger partial charge in [0.05, 0.1) is 54.7 Å². The fourth-order valence-corrected chi connectivity index (χ4v) is 11.2. The summed E-state index contributed by atoms with van der Waals surface area (Å²) in [5.74, 6) is -3.60. The minimum Gasteiger partial charge on any atom is -0.459 e. The largest absolute Gasteiger partial charge is 0.459 e. The predicted octanol–water partition coefficient (Wildman–Crippen LogP) is 5.49. The summed E-state index contributed by atoms with van der Waals surface area (Å²) in [6.07, 6.45) is -5.23. The van der Waals surface area contributed by atoms with Crippen LogP contribution in [-0.2, 0) is 53.9 Å². The second-order valence-corrected chi connectivity index (χ2v) is 20.2. The van der Waals surface area contributed by atoms with Crippen LogP contribution in [0.25, 0.3) is 0 Å². The predicted molar refractivity (Wildman–Crippen MR) is 243 cm³/mol. The Bertz CT molecular complexity index is 1680. The molecule has 64 heavy (non-hydrogen) atoms. The van der Waals surface area contributed by atoms with Gasteiger partial charge in [0.1, 0.15) is 29.7 Å². The summed E-state index contributed by atoms with van der Waals surface area (Å²) in [6, 6.07) is 9.99. The molecular formula is C50H82N2O12. The first-order valence-electron chi connectivity index (χ1n) is 23.7. The van der Waals surface area contributed by atoms with Gasteiger partial charge in [-0.3, -0.25) is 9.59 Å². The molecule has 0 bridgehead atoms. The maximum absolute atomic E-state index is 14.9. The highest BCUT2D eigenvalue weighted by Gasteiger charge is 2.57. The number of benzene rings is 1. The number of hydrogen-bond acceptors (Lipinski definition) is 14. The molecule has 0 aliphatic carbocycles. The number of Topliss-reactive ketones (excluding diaryl/α,β-unsaturated/α-hetero) is 1. The number of likely N-dealkylation sites (N-methyl/N-ethyl adjacent to an activating group) is 1. The van der Waals surface area contributed by atoms with Gasteiger partial charge >= 0.3 is 5.97 Å². The lowest BCUT2D eigenvalue weighted by molar-refractivity contribution is -0.320. The summed E-state index contributed by atoms with van der Waals surface area (Å²) < 4.78 is 52.8. The molecule has 4 heterocycles. The Morgan fingerprint density at radius 2 is 1.61 bits per heavy atom. The average molecular weight is 903 g/mol. The molecule has 3 N–H and O–H groups in total. The summed E-state index contributed by atoms with van der Waals surface area (Å²) in [7, 11) is 5.39. The van der Waals surface area contributed by atoms with Crippen molar-refractivity contribution in [2.24, 2.45) is 29.6 Å². The van der Waals surface area contributed by atoms with Gasteiger partial charge in [-0.15, -0.1) is 0 Å². The molecular weight excluding hydrogens is 821 g/mol. The van der Waals surface area contributed by atoms with Gasteiger partial charge in [0.25, 0.3) is 0 Å². The van der Waals surface area contributed by atoms with E-state index in [0.29, 0.717) is 19.4 Å². The summed E-state index contributed by atoms with van der Waals surface area (Å²) >= 11 is 0. The fourth-order valence-electron chi connectivity index (χ4n) is 11.2. The smallest absolute Gasteiger partial charge is 0.311 e. The second kappa shape index (κ2) is 22.2. The Kier molecular flexibility index (Phi) is 18.2. The normalized spacial score (nSPS) is 42.9. The van der Waals surface area contributed by atoms with Gasteiger partial charge in [-0.05, 0) is 99.0 Å². The van der Waals surface area contributed by atoms with Crippen LogP contribution in [0.2, 0.25) is 0 Å². The number of carbonyl (C=O) groups excluding carboxylic acids is 2. The number of methoxy groups -OCH3 is 1. The molecule has 0 amide bonds. The van der Waals surface area contributed by atoms with Crippen LogP contribution >= 0.6 is 0 Å². The molecule has 4 fully saturated rings. The van der Waals surface area contributed by atoms with Crippen LogP contribution in [-0.4, -0.2) is 153 Å². The average Bonchev–Trinajstić information content (AvgIpc) is 3.57. The summed E-state index contributed by atoms with van der Waals surface area (Å²) in [5.41, 5.74) is -1.26. The number of fused-ring (bicyclic) bond motifs is 1. The van der Waals surface area contributed by atoms with E-state index in [1.165, 1.54) is 5.56 Å². The molecule has 4 aliphatic rings. The van der Waals surface area contributed by atoms with Crippen LogP contribution in [0.1, 0.15) is 100 Å². The minimum absolute atomic E-state index is 0.00161. The van der Waals surface area contributed by atoms with Gasteiger partial charge in [0, 0.05) is 49.8 Å².